The van der Waals surface area contributed by atoms with E-state index in [0.29, 0.717) is 5.56 Å². The second-order valence-corrected chi connectivity index (χ2v) is 4.67. The van der Waals surface area contributed by atoms with E-state index in [0.717, 1.165) is 10.9 Å². The van der Waals surface area contributed by atoms with Crippen LogP contribution in [0, 0.1) is 10.1 Å². The summed E-state index contributed by atoms with van der Waals surface area (Å²) in [4.78, 5) is 21.8. The first-order valence-electron chi connectivity index (χ1n) is 6.31. The number of alkyl halides is 3. The third kappa shape index (κ3) is 3.84. The van der Waals surface area contributed by atoms with Gasteiger partial charge < -0.3 is 5.32 Å². The predicted octanol–water partition coefficient (Wildman–Crippen LogP) is 2.28. The molecule has 0 unspecified atom stereocenters. The fourth-order valence-corrected chi connectivity index (χ4v) is 1.88. The summed E-state index contributed by atoms with van der Waals surface area (Å²) in [6, 6.07) is 5.30. The molecule has 10 heteroatoms. The van der Waals surface area contributed by atoms with Gasteiger partial charge in [0.1, 0.15) is 0 Å². The molecule has 0 aliphatic carbocycles. The summed E-state index contributed by atoms with van der Waals surface area (Å²) in [5.74, 6) is -0.927. The molecule has 0 aliphatic heterocycles. The Kier molecular flexibility index (Phi) is 4.34. The first kappa shape index (κ1) is 16.5. The van der Waals surface area contributed by atoms with E-state index in [-0.39, 0.29) is 12.2 Å². The van der Waals surface area contributed by atoms with Crippen LogP contribution < -0.4 is 5.32 Å². The van der Waals surface area contributed by atoms with Crippen molar-refractivity contribution in [3.05, 3.63) is 57.4 Å². The zero-order chi connectivity index (χ0) is 17.2. The number of nitro benzene ring substituents is 1. The summed E-state index contributed by atoms with van der Waals surface area (Å²) in [5.41, 5.74) is -1.45. The van der Waals surface area contributed by atoms with E-state index < -0.39 is 28.3 Å². The molecule has 0 saturated carbocycles. The van der Waals surface area contributed by atoms with Gasteiger partial charge >= 0.3 is 6.18 Å². The van der Waals surface area contributed by atoms with Crippen LogP contribution in [0.2, 0.25) is 0 Å². The maximum absolute atomic E-state index is 12.8. The van der Waals surface area contributed by atoms with Gasteiger partial charge in [-0.3, -0.25) is 19.6 Å². The molecule has 1 heterocycles. The number of nitrogens with one attached hydrogen (secondary N) is 1. The summed E-state index contributed by atoms with van der Waals surface area (Å²) < 4.78 is 39.3. The lowest BCUT2D eigenvalue weighted by Gasteiger charge is -2.07. The van der Waals surface area contributed by atoms with Crippen LogP contribution >= 0.6 is 0 Å². The number of non-ortho nitro benzene ring substituents is 1. The largest absolute Gasteiger partial charge is 0.435 e. The summed E-state index contributed by atoms with van der Waals surface area (Å²) in [5, 5.41) is 16.1. The molecule has 2 rings (SSSR count). The molecule has 0 spiro atoms. The zero-order valence-electron chi connectivity index (χ0n) is 11.8. The maximum Gasteiger partial charge on any atom is 0.435 e. The van der Waals surface area contributed by atoms with E-state index >= 15 is 0 Å². The van der Waals surface area contributed by atoms with Crippen LogP contribution in [-0.4, -0.2) is 20.6 Å². The minimum Gasteiger partial charge on any atom is -0.348 e. The number of hydrogen-bond donors (Lipinski definition) is 1. The van der Waals surface area contributed by atoms with Crippen LogP contribution in [0.5, 0.6) is 0 Å². The topological polar surface area (TPSA) is 90.1 Å². The predicted molar refractivity (Wildman–Crippen MR) is 72.5 cm³/mol. The normalized spacial score (nSPS) is 11.3. The van der Waals surface area contributed by atoms with E-state index in [1.165, 1.54) is 31.3 Å². The molecule has 1 aromatic carbocycles. The number of rotatable bonds is 4. The molecule has 0 aliphatic rings. The third-order valence-corrected chi connectivity index (χ3v) is 2.94. The van der Waals surface area contributed by atoms with E-state index in [2.05, 4.69) is 10.4 Å². The SMILES string of the molecule is Cn1cc(C(=O)NCc2ccc([N+](=O)[O-])cc2)c(C(F)(F)F)n1. The minimum absolute atomic E-state index is 0.0664. The second-order valence-electron chi connectivity index (χ2n) is 4.67. The smallest absolute Gasteiger partial charge is 0.348 e. The van der Waals surface area contributed by atoms with Crippen molar-refractivity contribution in [1.29, 1.82) is 0 Å². The fraction of sp³-hybridized carbons (Fsp3) is 0.231. The molecule has 2 aromatic rings. The van der Waals surface area contributed by atoms with E-state index in [1.54, 1.807) is 0 Å². The van der Waals surface area contributed by atoms with Crippen molar-refractivity contribution in [2.45, 2.75) is 12.7 Å². The highest BCUT2D eigenvalue weighted by atomic mass is 19.4. The Bertz CT molecular complexity index is 738. The van der Waals surface area contributed by atoms with Crippen molar-refractivity contribution in [2.75, 3.05) is 0 Å². The molecule has 0 radical (unpaired) electrons. The average Bonchev–Trinajstić information content (AvgIpc) is 2.87. The molecule has 122 valence electrons. The van der Waals surface area contributed by atoms with Crippen LogP contribution in [0.4, 0.5) is 18.9 Å². The molecular formula is C13H11F3N4O3. The highest BCUT2D eigenvalue weighted by Gasteiger charge is 2.38. The van der Waals surface area contributed by atoms with Crippen molar-refractivity contribution in [1.82, 2.24) is 15.1 Å². The number of nitrogens with zero attached hydrogens (tertiary/aromatic N) is 3. The molecule has 0 atom stereocenters. The average molecular weight is 328 g/mol. The molecule has 0 saturated heterocycles. The summed E-state index contributed by atoms with van der Waals surface area (Å²) in [7, 11) is 1.28. The van der Waals surface area contributed by atoms with Crippen LogP contribution in [0.1, 0.15) is 21.6 Å². The Hall–Kier alpha value is -2.91. The molecule has 1 amide bonds. The van der Waals surface area contributed by atoms with Gasteiger partial charge in [-0.15, -0.1) is 0 Å². The lowest BCUT2D eigenvalue weighted by atomic mass is 10.2. The molecule has 23 heavy (non-hydrogen) atoms. The lowest BCUT2D eigenvalue weighted by Crippen LogP contribution is -2.25. The number of carbonyl (C=O) groups is 1. The Morgan fingerprint density at radius 2 is 1.96 bits per heavy atom. The Balaban J connectivity index is 2.10. The monoisotopic (exact) mass is 328 g/mol. The minimum atomic E-state index is -4.73. The number of carbonyl (C=O) groups excluding carboxylic acids is 1. The van der Waals surface area contributed by atoms with Gasteiger partial charge in [0, 0.05) is 31.9 Å². The van der Waals surface area contributed by atoms with Crippen LogP contribution in [0.3, 0.4) is 0 Å². The quantitative estimate of drug-likeness (QED) is 0.688. The number of hydrogen-bond acceptors (Lipinski definition) is 4. The molecular weight excluding hydrogens is 317 g/mol. The fourth-order valence-electron chi connectivity index (χ4n) is 1.88. The highest BCUT2D eigenvalue weighted by molar-refractivity contribution is 5.95. The van der Waals surface area contributed by atoms with Crippen molar-refractivity contribution in [3.8, 4) is 0 Å². The molecule has 1 aromatic heterocycles. The number of aromatic nitrogens is 2. The Morgan fingerprint density at radius 1 is 1.35 bits per heavy atom. The number of halogens is 3. The number of nitro groups is 1. The standard InChI is InChI=1S/C13H11F3N4O3/c1-19-7-10(11(18-19)13(14,15)16)12(21)17-6-8-2-4-9(5-3-8)20(22)23/h2-5,7H,6H2,1H3,(H,17,21). The van der Waals surface area contributed by atoms with Crippen molar-refractivity contribution in [3.63, 3.8) is 0 Å². The third-order valence-electron chi connectivity index (χ3n) is 2.94. The first-order chi connectivity index (χ1) is 10.7. The Labute approximate surface area is 127 Å². The van der Waals surface area contributed by atoms with Gasteiger partial charge in [0.2, 0.25) is 0 Å². The van der Waals surface area contributed by atoms with Crippen molar-refractivity contribution >= 4 is 11.6 Å². The van der Waals surface area contributed by atoms with Gasteiger partial charge in [-0.1, -0.05) is 12.1 Å². The summed E-state index contributed by atoms with van der Waals surface area (Å²) >= 11 is 0. The summed E-state index contributed by atoms with van der Waals surface area (Å²) in [6.45, 7) is -0.0664. The van der Waals surface area contributed by atoms with E-state index in [4.69, 9.17) is 0 Å². The van der Waals surface area contributed by atoms with Gasteiger partial charge in [0.15, 0.2) is 5.69 Å². The summed E-state index contributed by atoms with van der Waals surface area (Å²) in [6.07, 6.45) is -3.75. The van der Waals surface area contributed by atoms with Crippen LogP contribution in [-0.2, 0) is 19.8 Å². The van der Waals surface area contributed by atoms with Gasteiger partial charge in [-0.2, -0.15) is 18.3 Å². The number of benzene rings is 1. The zero-order valence-corrected chi connectivity index (χ0v) is 11.8. The van der Waals surface area contributed by atoms with E-state index in [9.17, 15) is 28.1 Å². The molecule has 7 nitrogen and oxygen atoms in total. The van der Waals surface area contributed by atoms with Gasteiger partial charge in [0.05, 0.1) is 10.5 Å². The van der Waals surface area contributed by atoms with Crippen molar-refractivity contribution < 1.29 is 22.9 Å². The molecule has 0 fully saturated rings. The van der Waals surface area contributed by atoms with Gasteiger partial charge in [-0.05, 0) is 5.56 Å². The van der Waals surface area contributed by atoms with E-state index in [1.807, 2.05) is 0 Å². The van der Waals surface area contributed by atoms with Crippen LogP contribution in [0.15, 0.2) is 30.5 Å². The molecule has 0 bridgehead atoms. The van der Waals surface area contributed by atoms with Gasteiger partial charge in [0.25, 0.3) is 11.6 Å². The highest BCUT2D eigenvalue weighted by Crippen LogP contribution is 2.30. The number of amides is 1. The number of aryl methyl sites for hydroxylation is 1. The lowest BCUT2D eigenvalue weighted by molar-refractivity contribution is -0.384. The second kappa shape index (κ2) is 6.07. The molecule has 1 N–H and O–H groups in total. The first-order valence-corrected chi connectivity index (χ1v) is 6.31. The van der Waals surface area contributed by atoms with Gasteiger partial charge in [-0.25, -0.2) is 0 Å². The van der Waals surface area contributed by atoms with Crippen LogP contribution in [0.25, 0.3) is 0 Å². The Morgan fingerprint density at radius 3 is 2.48 bits per heavy atom. The maximum atomic E-state index is 12.8. The van der Waals surface area contributed by atoms with Crippen molar-refractivity contribution in [2.24, 2.45) is 7.05 Å².